The summed E-state index contributed by atoms with van der Waals surface area (Å²) in [6.45, 7) is 0. The molecule has 0 saturated carbocycles. The number of benzene rings is 7. The molecule has 0 fully saturated rings. The summed E-state index contributed by atoms with van der Waals surface area (Å²) in [6.07, 6.45) is 0. The SMILES string of the molecule is Clc1ccc2c(c1)oc1c3ccccc3c(-c3ccc(-c4nc(-c5ccccc5)nc(-c5ccccc5)n4)c4ccccc34)cc21. The van der Waals surface area contributed by atoms with Gasteiger partial charge in [-0.1, -0.05) is 127 Å². The van der Waals surface area contributed by atoms with Gasteiger partial charge in [-0.3, -0.25) is 0 Å². The van der Waals surface area contributed by atoms with E-state index in [0.717, 1.165) is 71.3 Å². The van der Waals surface area contributed by atoms with Gasteiger partial charge in [-0.15, -0.1) is 0 Å². The molecule has 5 heteroatoms. The van der Waals surface area contributed by atoms with Gasteiger partial charge in [0.1, 0.15) is 11.2 Å². The minimum Gasteiger partial charge on any atom is -0.455 e. The monoisotopic (exact) mass is 609 g/mol. The molecule has 9 aromatic rings. The summed E-state index contributed by atoms with van der Waals surface area (Å²) in [5.41, 5.74) is 6.74. The molecule has 0 atom stereocenters. The molecule has 0 aliphatic carbocycles. The highest BCUT2D eigenvalue weighted by Gasteiger charge is 2.19. The number of hydrogen-bond donors (Lipinski definition) is 0. The first-order valence-corrected chi connectivity index (χ1v) is 15.5. The van der Waals surface area contributed by atoms with Crippen LogP contribution in [0.4, 0.5) is 0 Å². The first-order chi connectivity index (χ1) is 22.7. The van der Waals surface area contributed by atoms with Gasteiger partial charge >= 0.3 is 0 Å². The van der Waals surface area contributed by atoms with Crippen molar-refractivity contribution < 1.29 is 4.42 Å². The molecule has 7 aromatic carbocycles. The summed E-state index contributed by atoms with van der Waals surface area (Å²) in [6, 6.07) is 49.5. The van der Waals surface area contributed by atoms with Crippen molar-refractivity contribution in [3.8, 4) is 45.3 Å². The minimum atomic E-state index is 0.633. The van der Waals surface area contributed by atoms with Gasteiger partial charge in [-0.05, 0) is 51.6 Å². The first kappa shape index (κ1) is 26.6. The van der Waals surface area contributed by atoms with Crippen molar-refractivity contribution >= 4 is 55.1 Å². The second kappa shape index (κ2) is 10.7. The Balaban J connectivity index is 1.30. The number of halogens is 1. The van der Waals surface area contributed by atoms with E-state index in [1.54, 1.807) is 0 Å². The largest absolute Gasteiger partial charge is 0.455 e. The fourth-order valence-corrected chi connectivity index (χ4v) is 6.61. The van der Waals surface area contributed by atoms with Gasteiger partial charge in [0.2, 0.25) is 0 Å². The zero-order chi connectivity index (χ0) is 30.6. The van der Waals surface area contributed by atoms with E-state index in [-0.39, 0.29) is 0 Å². The quantitative estimate of drug-likeness (QED) is 0.199. The first-order valence-electron chi connectivity index (χ1n) is 15.1. The highest BCUT2D eigenvalue weighted by Crippen LogP contribution is 2.43. The van der Waals surface area contributed by atoms with Crippen molar-refractivity contribution in [1.29, 1.82) is 0 Å². The summed E-state index contributed by atoms with van der Waals surface area (Å²) in [7, 11) is 0. The number of hydrogen-bond acceptors (Lipinski definition) is 4. The lowest BCUT2D eigenvalue weighted by molar-refractivity contribution is 0.673. The molecule has 9 rings (SSSR count). The molecule has 4 nitrogen and oxygen atoms in total. The molecule has 0 bridgehead atoms. The summed E-state index contributed by atoms with van der Waals surface area (Å²) in [4.78, 5) is 15.0. The Morgan fingerprint density at radius 3 is 1.57 bits per heavy atom. The number of fused-ring (bicyclic) bond motifs is 6. The molecule has 216 valence electrons. The van der Waals surface area contributed by atoms with E-state index in [1.807, 2.05) is 78.9 Å². The van der Waals surface area contributed by atoms with Crippen LogP contribution in [0.15, 0.2) is 150 Å². The summed E-state index contributed by atoms with van der Waals surface area (Å²) in [5.74, 6) is 1.91. The molecule has 0 aliphatic heterocycles. The van der Waals surface area contributed by atoms with E-state index in [1.165, 1.54) is 0 Å². The maximum atomic E-state index is 6.39. The lowest BCUT2D eigenvalue weighted by atomic mass is 9.90. The van der Waals surface area contributed by atoms with Crippen molar-refractivity contribution in [2.75, 3.05) is 0 Å². The standard InChI is InChI=1S/C41H24ClN3O/c42-27-19-20-32-36-24-35(30-17-9-10-18-33(30)38(36)46-37(32)23-27)31-21-22-34(29-16-8-7-15-28(29)31)41-44-39(25-11-3-1-4-12-25)43-40(45-41)26-13-5-2-6-14-26/h1-24H. The number of rotatable bonds is 4. The van der Waals surface area contributed by atoms with Crippen LogP contribution >= 0.6 is 11.6 Å². The highest BCUT2D eigenvalue weighted by molar-refractivity contribution is 6.31. The van der Waals surface area contributed by atoms with Crippen LogP contribution in [0.1, 0.15) is 0 Å². The van der Waals surface area contributed by atoms with Gasteiger partial charge < -0.3 is 4.42 Å². The molecule has 0 saturated heterocycles. The minimum absolute atomic E-state index is 0.633. The summed E-state index contributed by atoms with van der Waals surface area (Å²) >= 11 is 6.34. The molecule has 0 N–H and O–H groups in total. The predicted octanol–water partition coefficient (Wildman–Crippen LogP) is 11.4. The van der Waals surface area contributed by atoms with Crippen LogP contribution in [-0.4, -0.2) is 15.0 Å². The fraction of sp³-hybridized carbons (Fsp3) is 0. The Labute approximate surface area is 269 Å². The fourth-order valence-electron chi connectivity index (χ4n) is 6.45. The lowest BCUT2D eigenvalue weighted by Crippen LogP contribution is -2.00. The molecule has 2 aromatic heterocycles. The van der Waals surface area contributed by atoms with Crippen LogP contribution in [0.3, 0.4) is 0 Å². The lowest BCUT2D eigenvalue weighted by Gasteiger charge is -2.15. The Bertz CT molecular complexity index is 2540. The topological polar surface area (TPSA) is 51.8 Å². The maximum absolute atomic E-state index is 6.39. The van der Waals surface area contributed by atoms with Gasteiger partial charge in [0.15, 0.2) is 17.5 Å². The predicted molar refractivity (Wildman–Crippen MR) is 189 cm³/mol. The number of aromatic nitrogens is 3. The normalized spacial score (nSPS) is 11.6. The van der Waals surface area contributed by atoms with Crippen molar-refractivity contribution in [3.63, 3.8) is 0 Å². The van der Waals surface area contributed by atoms with Gasteiger partial charge in [0.05, 0.1) is 0 Å². The second-order valence-corrected chi connectivity index (χ2v) is 11.8. The highest BCUT2D eigenvalue weighted by atomic mass is 35.5. The molecule has 0 amide bonds. The number of nitrogens with zero attached hydrogens (tertiary/aromatic N) is 3. The van der Waals surface area contributed by atoms with Gasteiger partial charge in [0, 0.05) is 43.9 Å². The molecular formula is C41H24ClN3O. The zero-order valence-corrected chi connectivity index (χ0v) is 25.2. The van der Waals surface area contributed by atoms with Crippen LogP contribution in [0.5, 0.6) is 0 Å². The average Bonchev–Trinajstić information content (AvgIpc) is 3.49. The Kier molecular flexibility index (Phi) is 6.15. The van der Waals surface area contributed by atoms with E-state index in [0.29, 0.717) is 22.5 Å². The zero-order valence-electron chi connectivity index (χ0n) is 24.5. The van der Waals surface area contributed by atoms with E-state index >= 15 is 0 Å². The van der Waals surface area contributed by atoms with Crippen LogP contribution in [0.2, 0.25) is 5.02 Å². The number of furan rings is 1. The molecular weight excluding hydrogens is 586 g/mol. The Hall–Kier alpha value is -5.84. The molecule has 0 radical (unpaired) electrons. The summed E-state index contributed by atoms with van der Waals surface area (Å²) < 4.78 is 6.39. The van der Waals surface area contributed by atoms with Crippen LogP contribution in [-0.2, 0) is 0 Å². The molecule has 46 heavy (non-hydrogen) atoms. The van der Waals surface area contributed by atoms with Crippen LogP contribution < -0.4 is 0 Å². The van der Waals surface area contributed by atoms with Crippen molar-refractivity contribution in [2.45, 2.75) is 0 Å². The molecule has 0 aliphatic rings. The third-order valence-electron chi connectivity index (χ3n) is 8.60. The average molecular weight is 610 g/mol. The summed E-state index contributed by atoms with van der Waals surface area (Å²) in [5, 5.41) is 7.12. The Morgan fingerprint density at radius 2 is 0.913 bits per heavy atom. The second-order valence-electron chi connectivity index (χ2n) is 11.3. The maximum Gasteiger partial charge on any atom is 0.164 e. The van der Waals surface area contributed by atoms with Crippen molar-refractivity contribution in [2.24, 2.45) is 0 Å². The third kappa shape index (κ3) is 4.34. The molecule has 0 unspecified atom stereocenters. The molecule has 2 heterocycles. The van der Waals surface area contributed by atoms with E-state index in [4.69, 9.17) is 31.0 Å². The van der Waals surface area contributed by atoms with Crippen molar-refractivity contribution in [1.82, 2.24) is 15.0 Å². The third-order valence-corrected chi connectivity index (χ3v) is 8.83. The van der Waals surface area contributed by atoms with Crippen LogP contribution in [0, 0.1) is 0 Å². The van der Waals surface area contributed by atoms with Crippen molar-refractivity contribution in [3.05, 3.63) is 151 Å². The molecule has 0 spiro atoms. The van der Waals surface area contributed by atoms with Gasteiger partial charge in [-0.2, -0.15) is 0 Å². The Morgan fingerprint density at radius 1 is 0.391 bits per heavy atom. The van der Waals surface area contributed by atoms with E-state index < -0.39 is 0 Å². The smallest absolute Gasteiger partial charge is 0.164 e. The van der Waals surface area contributed by atoms with Crippen LogP contribution in [0.25, 0.3) is 88.8 Å². The van der Waals surface area contributed by atoms with E-state index in [2.05, 4.69) is 66.7 Å². The van der Waals surface area contributed by atoms with E-state index in [9.17, 15) is 0 Å². The van der Waals surface area contributed by atoms with Gasteiger partial charge in [0.25, 0.3) is 0 Å². The van der Waals surface area contributed by atoms with Gasteiger partial charge in [-0.25, -0.2) is 15.0 Å².